The fraction of sp³-hybridized carbons (Fsp3) is 0.333. The van der Waals surface area contributed by atoms with Crippen LogP contribution in [-0.2, 0) is 6.42 Å². The number of aromatic hydroxyl groups is 2. The fourth-order valence-corrected chi connectivity index (χ4v) is 2.25. The quantitative estimate of drug-likeness (QED) is 0.810. The van der Waals surface area contributed by atoms with Crippen molar-refractivity contribution >= 4 is 10.8 Å². The number of benzene rings is 2. The van der Waals surface area contributed by atoms with Gasteiger partial charge in [0.15, 0.2) is 0 Å². The summed E-state index contributed by atoms with van der Waals surface area (Å²) < 4.78 is 5.52. The van der Waals surface area contributed by atoms with Crippen molar-refractivity contribution in [1.82, 2.24) is 0 Å². The summed E-state index contributed by atoms with van der Waals surface area (Å²) in [5, 5.41) is 21.3. The van der Waals surface area contributed by atoms with E-state index in [1.54, 1.807) is 0 Å². The summed E-state index contributed by atoms with van der Waals surface area (Å²) in [6, 6.07) is 6.83. The zero-order valence-electron chi connectivity index (χ0n) is 10.7. The smallest absolute Gasteiger partial charge is 0.130 e. The maximum absolute atomic E-state index is 10.0. The van der Waals surface area contributed by atoms with Crippen LogP contribution in [0.5, 0.6) is 17.2 Å². The highest BCUT2D eigenvalue weighted by Gasteiger charge is 2.14. The summed E-state index contributed by atoms with van der Waals surface area (Å²) in [6.07, 6.45) is 1.85. The summed E-state index contributed by atoms with van der Waals surface area (Å²) in [5.41, 5.74) is 1.03. The molecule has 0 amide bonds. The first-order valence-electron chi connectivity index (χ1n) is 6.28. The highest BCUT2D eigenvalue weighted by atomic mass is 16.5. The molecule has 2 rings (SSSR count). The predicted molar refractivity (Wildman–Crippen MR) is 72.4 cm³/mol. The molecule has 3 heteroatoms. The van der Waals surface area contributed by atoms with Gasteiger partial charge < -0.3 is 14.9 Å². The molecule has 0 saturated heterocycles. The average molecular weight is 246 g/mol. The first-order valence-corrected chi connectivity index (χ1v) is 6.28. The summed E-state index contributed by atoms with van der Waals surface area (Å²) >= 11 is 0. The molecule has 18 heavy (non-hydrogen) atoms. The van der Waals surface area contributed by atoms with E-state index < -0.39 is 0 Å². The number of rotatable bonds is 4. The lowest BCUT2D eigenvalue weighted by molar-refractivity contribution is 0.343. The maximum atomic E-state index is 10.0. The van der Waals surface area contributed by atoms with E-state index in [0.717, 1.165) is 18.4 Å². The third-order valence-electron chi connectivity index (χ3n) is 2.98. The Morgan fingerprint density at radius 3 is 2.22 bits per heavy atom. The highest BCUT2D eigenvalue weighted by Crippen LogP contribution is 2.40. The van der Waals surface area contributed by atoms with Crippen molar-refractivity contribution < 1.29 is 14.9 Å². The molecular weight excluding hydrogens is 228 g/mol. The first-order chi connectivity index (χ1) is 8.69. The number of aryl methyl sites for hydroxylation is 1. The normalized spacial score (nSPS) is 10.8. The molecule has 0 saturated carbocycles. The zero-order chi connectivity index (χ0) is 13.1. The summed E-state index contributed by atoms with van der Waals surface area (Å²) in [5.74, 6) is 0.942. The molecule has 0 aliphatic carbocycles. The largest absolute Gasteiger partial charge is 0.507 e. The van der Waals surface area contributed by atoms with Gasteiger partial charge in [0.2, 0.25) is 0 Å². The van der Waals surface area contributed by atoms with Crippen LogP contribution < -0.4 is 4.74 Å². The van der Waals surface area contributed by atoms with Crippen molar-refractivity contribution in [1.29, 1.82) is 0 Å². The van der Waals surface area contributed by atoms with E-state index in [9.17, 15) is 10.2 Å². The number of phenols is 2. The van der Waals surface area contributed by atoms with E-state index in [4.69, 9.17) is 4.74 Å². The van der Waals surface area contributed by atoms with Crippen LogP contribution in [0.4, 0.5) is 0 Å². The van der Waals surface area contributed by atoms with Crippen LogP contribution >= 0.6 is 0 Å². The van der Waals surface area contributed by atoms with Gasteiger partial charge in [-0.1, -0.05) is 19.4 Å². The standard InChI is InChI=1S/C15H18O3/c1-3-5-10-6-9-13(18-4-2)15-12(17)8-7-11(16)14(10)15/h6-9,16-17H,3-5H2,1-2H3. The van der Waals surface area contributed by atoms with Gasteiger partial charge in [0.05, 0.1) is 12.0 Å². The number of fused-ring (bicyclic) bond motifs is 1. The maximum Gasteiger partial charge on any atom is 0.130 e. The molecule has 0 atom stereocenters. The van der Waals surface area contributed by atoms with Crippen molar-refractivity contribution in [2.75, 3.05) is 6.61 Å². The Hall–Kier alpha value is -1.90. The van der Waals surface area contributed by atoms with Crippen molar-refractivity contribution in [3.8, 4) is 17.2 Å². The van der Waals surface area contributed by atoms with Crippen LogP contribution in [0, 0.1) is 0 Å². The summed E-state index contributed by atoms with van der Waals surface area (Å²) in [6.45, 7) is 4.51. The molecule has 0 aromatic heterocycles. The topological polar surface area (TPSA) is 49.7 Å². The third-order valence-corrected chi connectivity index (χ3v) is 2.98. The molecule has 0 unspecified atom stereocenters. The van der Waals surface area contributed by atoms with E-state index in [-0.39, 0.29) is 11.5 Å². The van der Waals surface area contributed by atoms with E-state index >= 15 is 0 Å². The second kappa shape index (κ2) is 5.17. The minimum atomic E-state index is 0.143. The minimum absolute atomic E-state index is 0.143. The second-order valence-electron chi connectivity index (χ2n) is 4.26. The van der Waals surface area contributed by atoms with Gasteiger partial charge in [-0.3, -0.25) is 0 Å². The predicted octanol–water partition coefficient (Wildman–Crippen LogP) is 3.60. The number of phenolic OH excluding ortho intramolecular Hbond substituents is 2. The Bertz CT molecular complexity index is 511. The molecule has 2 aromatic carbocycles. The Labute approximate surface area is 107 Å². The molecule has 0 aliphatic rings. The molecule has 0 aliphatic heterocycles. The number of hydrogen-bond donors (Lipinski definition) is 2. The van der Waals surface area contributed by atoms with Gasteiger partial charge in [-0.2, -0.15) is 0 Å². The Morgan fingerprint density at radius 2 is 1.61 bits per heavy atom. The first kappa shape index (κ1) is 12.6. The molecular formula is C15H18O3. The number of hydrogen-bond acceptors (Lipinski definition) is 3. The van der Waals surface area contributed by atoms with Gasteiger partial charge >= 0.3 is 0 Å². The van der Waals surface area contributed by atoms with Crippen molar-refractivity contribution in [2.24, 2.45) is 0 Å². The van der Waals surface area contributed by atoms with Crippen LogP contribution in [-0.4, -0.2) is 16.8 Å². The SMILES string of the molecule is CCCc1ccc(OCC)c2c(O)ccc(O)c12. The zero-order valence-corrected chi connectivity index (χ0v) is 10.7. The molecule has 0 radical (unpaired) electrons. The molecule has 96 valence electrons. The van der Waals surface area contributed by atoms with Crippen molar-refractivity contribution in [3.63, 3.8) is 0 Å². The lowest BCUT2D eigenvalue weighted by Crippen LogP contribution is -1.95. The van der Waals surface area contributed by atoms with E-state index in [1.807, 2.05) is 19.1 Å². The van der Waals surface area contributed by atoms with Crippen LogP contribution in [0.3, 0.4) is 0 Å². The van der Waals surface area contributed by atoms with Crippen molar-refractivity contribution in [2.45, 2.75) is 26.7 Å². The van der Waals surface area contributed by atoms with Crippen LogP contribution in [0.25, 0.3) is 10.8 Å². The van der Waals surface area contributed by atoms with Crippen LogP contribution in [0.2, 0.25) is 0 Å². The monoisotopic (exact) mass is 246 g/mol. The highest BCUT2D eigenvalue weighted by molar-refractivity contribution is 5.99. The van der Waals surface area contributed by atoms with Gasteiger partial charge in [0, 0.05) is 5.39 Å². The van der Waals surface area contributed by atoms with E-state index in [0.29, 0.717) is 23.1 Å². The molecule has 2 N–H and O–H groups in total. The molecule has 0 spiro atoms. The fourth-order valence-electron chi connectivity index (χ4n) is 2.25. The Morgan fingerprint density at radius 1 is 0.944 bits per heavy atom. The van der Waals surface area contributed by atoms with Gasteiger partial charge in [0.25, 0.3) is 0 Å². The third kappa shape index (κ3) is 2.08. The van der Waals surface area contributed by atoms with Crippen LogP contribution in [0.15, 0.2) is 24.3 Å². The van der Waals surface area contributed by atoms with Gasteiger partial charge in [0.1, 0.15) is 17.2 Å². The van der Waals surface area contributed by atoms with Gasteiger partial charge in [-0.15, -0.1) is 0 Å². The van der Waals surface area contributed by atoms with Gasteiger partial charge in [-0.05, 0) is 37.1 Å². The molecule has 3 nitrogen and oxygen atoms in total. The Kier molecular flexibility index (Phi) is 3.60. The molecule has 0 heterocycles. The Balaban J connectivity index is 2.77. The van der Waals surface area contributed by atoms with E-state index in [2.05, 4.69) is 6.92 Å². The average Bonchev–Trinajstić information content (AvgIpc) is 2.36. The molecule has 2 aromatic rings. The van der Waals surface area contributed by atoms with Gasteiger partial charge in [-0.25, -0.2) is 0 Å². The second-order valence-corrected chi connectivity index (χ2v) is 4.26. The lowest BCUT2D eigenvalue weighted by atomic mass is 9.99. The lowest BCUT2D eigenvalue weighted by Gasteiger charge is -2.13. The molecule has 0 fully saturated rings. The number of ether oxygens (including phenoxy) is 1. The summed E-state index contributed by atoms with van der Waals surface area (Å²) in [7, 11) is 0. The van der Waals surface area contributed by atoms with E-state index in [1.165, 1.54) is 12.1 Å². The van der Waals surface area contributed by atoms with Crippen LogP contribution in [0.1, 0.15) is 25.8 Å². The summed E-state index contributed by atoms with van der Waals surface area (Å²) in [4.78, 5) is 0. The minimum Gasteiger partial charge on any atom is -0.507 e. The molecule has 0 bridgehead atoms. The van der Waals surface area contributed by atoms with Crippen molar-refractivity contribution in [3.05, 3.63) is 29.8 Å².